The molecular weight excluding hydrogens is 274 g/mol. The van der Waals surface area contributed by atoms with E-state index in [9.17, 15) is 18.3 Å². The van der Waals surface area contributed by atoms with E-state index in [1.807, 2.05) is 0 Å². The number of aromatic carboxylic acids is 1. The highest BCUT2D eigenvalue weighted by Gasteiger charge is 2.17. The Balaban J connectivity index is 2.32. The highest BCUT2D eigenvalue weighted by atomic mass is 32.2. The van der Waals surface area contributed by atoms with Gasteiger partial charge in [-0.15, -0.1) is 0 Å². The number of aromatic amines is 1. The number of rotatable bonds is 4. The van der Waals surface area contributed by atoms with Crippen molar-refractivity contribution in [2.45, 2.75) is 4.90 Å². The maximum absolute atomic E-state index is 11.8. The molecular formula is C10H9N3O5S. The second-order valence-electron chi connectivity index (χ2n) is 3.58. The molecule has 0 fully saturated rings. The smallest absolute Gasteiger partial charge is 0.335 e. The van der Waals surface area contributed by atoms with Crippen LogP contribution in [0.4, 0.5) is 5.69 Å². The number of hydrogen-bond donors (Lipinski definition) is 4. The standard InChI is InChI=1S/C10H9N3O5S/c14-9-3-6(10(15)16)1-2-8(9)13-19(17,18)7-4-11-12-5-7/h1-5,13-14H,(H,11,12)(H,15,16). The molecule has 0 saturated heterocycles. The van der Waals surface area contributed by atoms with Gasteiger partial charge < -0.3 is 10.2 Å². The van der Waals surface area contributed by atoms with Crippen molar-refractivity contribution in [3.63, 3.8) is 0 Å². The summed E-state index contributed by atoms with van der Waals surface area (Å²) >= 11 is 0. The summed E-state index contributed by atoms with van der Waals surface area (Å²) in [5.74, 6) is -1.70. The quantitative estimate of drug-likeness (QED) is 0.608. The van der Waals surface area contributed by atoms with Crippen LogP contribution in [0.1, 0.15) is 10.4 Å². The maximum Gasteiger partial charge on any atom is 0.335 e. The molecule has 0 aliphatic rings. The van der Waals surface area contributed by atoms with Gasteiger partial charge in [0.1, 0.15) is 10.6 Å². The van der Waals surface area contributed by atoms with E-state index in [4.69, 9.17) is 5.11 Å². The molecule has 1 heterocycles. The Bertz CT molecular complexity index is 709. The van der Waals surface area contributed by atoms with E-state index in [2.05, 4.69) is 14.9 Å². The highest BCUT2D eigenvalue weighted by molar-refractivity contribution is 7.92. The lowest BCUT2D eigenvalue weighted by molar-refractivity contribution is 0.0696. The van der Waals surface area contributed by atoms with Gasteiger partial charge in [-0.05, 0) is 18.2 Å². The average molecular weight is 283 g/mol. The molecule has 1 aromatic heterocycles. The molecule has 2 rings (SSSR count). The van der Waals surface area contributed by atoms with E-state index in [0.29, 0.717) is 0 Å². The molecule has 0 unspecified atom stereocenters. The van der Waals surface area contributed by atoms with Gasteiger partial charge in [-0.1, -0.05) is 0 Å². The summed E-state index contributed by atoms with van der Waals surface area (Å²) in [4.78, 5) is 10.6. The zero-order valence-corrected chi connectivity index (χ0v) is 10.2. The molecule has 8 nitrogen and oxygen atoms in total. The number of nitrogens with one attached hydrogen (secondary N) is 2. The van der Waals surface area contributed by atoms with Crippen molar-refractivity contribution in [3.8, 4) is 5.75 Å². The summed E-state index contributed by atoms with van der Waals surface area (Å²) in [5, 5.41) is 24.2. The van der Waals surface area contributed by atoms with Crippen molar-refractivity contribution in [1.82, 2.24) is 10.2 Å². The Kier molecular flexibility index (Phi) is 3.13. The number of anilines is 1. The molecule has 4 N–H and O–H groups in total. The van der Waals surface area contributed by atoms with E-state index in [1.165, 1.54) is 12.3 Å². The third-order valence-electron chi connectivity index (χ3n) is 2.27. The van der Waals surface area contributed by atoms with E-state index >= 15 is 0 Å². The fourth-order valence-electron chi connectivity index (χ4n) is 1.34. The maximum atomic E-state index is 11.8. The fourth-order valence-corrected chi connectivity index (χ4v) is 2.32. The minimum absolute atomic E-state index is 0.103. The molecule has 0 radical (unpaired) electrons. The third-order valence-corrected chi connectivity index (χ3v) is 3.60. The van der Waals surface area contributed by atoms with Gasteiger partial charge in [0, 0.05) is 6.20 Å². The summed E-state index contributed by atoms with van der Waals surface area (Å²) in [7, 11) is -3.88. The van der Waals surface area contributed by atoms with Crippen LogP contribution in [0.25, 0.3) is 0 Å². The number of aromatic hydroxyl groups is 1. The second kappa shape index (κ2) is 4.61. The molecule has 0 bridgehead atoms. The first-order valence-electron chi connectivity index (χ1n) is 4.98. The minimum atomic E-state index is -3.88. The first-order valence-corrected chi connectivity index (χ1v) is 6.46. The Hall–Kier alpha value is -2.55. The van der Waals surface area contributed by atoms with Crippen LogP contribution in [-0.4, -0.2) is 34.8 Å². The second-order valence-corrected chi connectivity index (χ2v) is 5.26. The van der Waals surface area contributed by atoms with Crippen LogP contribution >= 0.6 is 0 Å². The summed E-state index contributed by atoms with van der Waals surface area (Å²) < 4.78 is 25.8. The van der Waals surface area contributed by atoms with Crippen molar-refractivity contribution in [2.24, 2.45) is 0 Å². The summed E-state index contributed by atoms with van der Waals surface area (Å²) in [6.45, 7) is 0. The number of sulfonamides is 1. The topological polar surface area (TPSA) is 132 Å². The van der Waals surface area contributed by atoms with Crippen molar-refractivity contribution < 1.29 is 23.4 Å². The molecule has 100 valence electrons. The number of nitrogens with zero attached hydrogens (tertiary/aromatic N) is 1. The molecule has 0 amide bonds. The van der Waals surface area contributed by atoms with Gasteiger partial charge in [0.15, 0.2) is 0 Å². The Morgan fingerprint density at radius 3 is 2.63 bits per heavy atom. The largest absolute Gasteiger partial charge is 0.506 e. The minimum Gasteiger partial charge on any atom is -0.506 e. The summed E-state index contributed by atoms with van der Waals surface area (Å²) in [6, 6.07) is 3.29. The van der Waals surface area contributed by atoms with Gasteiger partial charge in [0.2, 0.25) is 0 Å². The van der Waals surface area contributed by atoms with Crippen LogP contribution in [0.15, 0.2) is 35.5 Å². The average Bonchev–Trinajstić information content (AvgIpc) is 2.85. The molecule has 0 aliphatic carbocycles. The van der Waals surface area contributed by atoms with Crippen molar-refractivity contribution in [3.05, 3.63) is 36.2 Å². The molecule has 1 aromatic carbocycles. The number of phenolic OH excluding ortho intramolecular Hbond substituents is 1. The van der Waals surface area contributed by atoms with E-state index in [0.717, 1.165) is 18.3 Å². The Labute approximate surface area is 107 Å². The molecule has 0 spiro atoms. The lowest BCUT2D eigenvalue weighted by atomic mass is 10.2. The van der Waals surface area contributed by atoms with Crippen LogP contribution in [0.3, 0.4) is 0 Å². The predicted octanol–water partition coefficient (Wildman–Crippen LogP) is 0.614. The molecule has 0 aliphatic heterocycles. The predicted molar refractivity (Wildman–Crippen MR) is 64.5 cm³/mol. The monoisotopic (exact) mass is 283 g/mol. The van der Waals surface area contributed by atoms with Crippen molar-refractivity contribution in [2.75, 3.05) is 4.72 Å². The van der Waals surface area contributed by atoms with Crippen LogP contribution in [0, 0.1) is 0 Å². The van der Waals surface area contributed by atoms with Crippen LogP contribution < -0.4 is 4.72 Å². The number of carboxylic acid groups (broad SMARTS) is 1. The first-order chi connectivity index (χ1) is 8.90. The lowest BCUT2D eigenvalue weighted by Gasteiger charge is -2.08. The van der Waals surface area contributed by atoms with Crippen LogP contribution in [-0.2, 0) is 10.0 Å². The highest BCUT2D eigenvalue weighted by Crippen LogP contribution is 2.26. The Morgan fingerprint density at radius 1 is 1.37 bits per heavy atom. The number of hydrogen-bond acceptors (Lipinski definition) is 5. The molecule has 0 atom stereocenters. The van der Waals surface area contributed by atoms with Gasteiger partial charge in [-0.3, -0.25) is 9.82 Å². The van der Waals surface area contributed by atoms with Crippen LogP contribution in [0.2, 0.25) is 0 Å². The number of H-pyrrole nitrogens is 1. The van der Waals surface area contributed by atoms with Crippen LogP contribution in [0.5, 0.6) is 5.75 Å². The van der Waals surface area contributed by atoms with Gasteiger partial charge in [0.05, 0.1) is 17.4 Å². The zero-order chi connectivity index (χ0) is 14.0. The van der Waals surface area contributed by atoms with E-state index in [1.54, 1.807) is 0 Å². The first kappa shape index (κ1) is 12.9. The summed E-state index contributed by atoms with van der Waals surface area (Å²) in [5.41, 5.74) is -0.269. The lowest BCUT2D eigenvalue weighted by Crippen LogP contribution is -2.12. The third kappa shape index (κ3) is 2.65. The summed E-state index contributed by atoms with van der Waals surface area (Å²) in [6.07, 6.45) is 2.27. The molecule has 2 aromatic rings. The van der Waals surface area contributed by atoms with E-state index < -0.39 is 21.7 Å². The number of carboxylic acids is 1. The van der Waals surface area contributed by atoms with Gasteiger partial charge >= 0.3 is 5.97 Å². The van der Waals surface area contributed by atoms with Gasteiger partial charge in [0.25, 0.3) is 10.0 Å². The SMILES string of the molecule is O=C(O)c1ccc(NS(=O)(=O)c2cn[nH]c2)c(O)c1. The molecule has 19 heavy (non-hydrogen) atoms. The number of benzene rings is 1. The fraction of sp³-hybridized carbons (Fsp3) is 0. The van der Waals surface area contributed by atoms with Crippen molar-refractivity contribution >= 4 is 21.7 Å². The molecule has 0 saturated carbocycles. The number of aromatic nitrogens is 2. The molecule has 9 heteroatoms. The Morgan fingerprint density at radius 2 is 2.11 bits per heavy atom. The zero-order valence-electron chi connectivity index (χ0n) is 9.36. The van der Waals surface area contributed by atoms with Gasteiger partial charge in [-0.2, -0.15) is 5.10 Å². The normalized spacial score (nSPS) is 11.2. The number of phenols is 1. The van der Waals surface area contributed by atoms with E-state index in [-0.39, 0.29) is 16.1 Å². The van der Waals surface area contributed by atoms with Gasteiger partial charge in [-0.25, -0.2) is 13.2 Å². The number of carbonyl (C=O) groups is 1. The van der Waals surface area contributed by atoms with Crippen molar-refractivity contribution in [1.29, 1.82) is 0 Å².